The van der Waals surface area contributed by atoms with Gasteiger partial charge in [0.25, 0.3) is 0 Å². The lowest BCUT2D eigenvalue weighted by molar-refractivity contribution is -0.135. The molecule has 94 valence electrons. The Hall–Kier alpha value is -0.610. The Labute approximate surface area is 98.5 Å². The fourth-order valence-electron chi connectivity index (χ4n) is 2.04. The third-order valence-electron chi connectivity index (χ3n) is 3.16. The van der Waals surface area contributed by atoms with Crippen molar-refractivity contribution in [1.29, 1.82) is 0 Å². The number of hydrogen-bond acceptors (Lipinski definition) is 3. The van der Waals surface area contributed by atoms with E-state index in [0.717, 1.165) is 19.5 Å². The van der Waals surface area contributed by atoms with Crippen LogP contribution in [-0.2, 0) is 9.53 Å². The molecule has 1 amide bonds. The van der Waals surface area contributed by atoms with E-state index >= 15 is 0 Å². The van der Waals surface area contributed by atoms with Crippen LogP contribution in [0.2, 0.25) is 0 Å². The molecule has 1 rings (SSSR count). The summed E-state index contributed by atoms with van der Waals surface area (Å²) in [5, 5.41) is 0. The maximum atomic E-state index is 11.7. The smallest absolute Gasteiger partial charge is 0.248 e. The van der Waals surface area contributed by atoms with E-state index in [0.29, 0.717) is 12.6 Å². The van der Waals surface area contributed by atoms with Crippen molar-refractivity contribution in [2.75, 3.05) is 40.4 Å². The number of likely N-dealkylation sites (tertiary alicyclic amines) is 1. The molecule has 1 unspecified atom stereocenters. The maximum absolute atomic E-state index is 11.7. The first-order valence-corrected chi connectivity index (χ1v) is 6.17. The highest BCUT2D eigenvalue weighted by atomic mass is 16.5. The number of nitrogens with zero attached hydrogens (tertiary/aromatic N) is 2. The first kappa shape index (κ1) is 13.5. The summed E-state index contributed by atoms with van der Waals surface area (Å²) in [6.07, 6.45) is 3.40. The second kappa shape index (κ2) is 6.86. The van der Waals surface area contributed by atoms with Crippen LogP contribution in [0.3, 0.4) is 0 Å². The largest absolute Gasteiger partial charge is 0.372 e. The Balaban J connectivity index is 2.22. The Morgan fingerprint density at radius 1 is 1.56 bits per heavy atom. The average molecular weight is 228 g/mol. The Morgan fingerprint density at radius 2 is 2.31 bits per heavy atom. The Kier molecular flexibility index (Phi) is 5.77. The molecule has 0 bridgehead atoms. The van der Waals surface area contributed by atoms with E-state index in [9.17, 15) is 4.79 Å². The van der Waals surface area contributed by atoms with Crippen molar-refractivity contribution in [2.45, 2.75) is 32.2 Å². The molecule has 16 heavy (non-hydrogen) atoms. The monoisotopic (exact) mass is 228 g/mol. The molecule has 0 spiro atoms. The van der Waals surface area contributed by atoms with E-state index in [1.54, 1.807) is 4.90 Å². The van der Waals surface area contributed by atoms with E-state index in [-0.39, 0.29) is 12.5 Å². The molecule has 1 fully saturated rings. The highest BCUT2D eigenvalue weighted by Crippen LogP contribution is 2.15. The fraction of sp³-hybridized carbons (Fsp3) is 0.917. The number of carbonyl (C=O) groups excluding carboxylic acids is 1. The molecule has 0 aromatic heterocycles. The van der Waals surface area contributed by atoms with E-state index in [1.165, 1.54) is 12.8 Å². The molecule has 1 aliphatic rings. The average Bonchev–Trinajstić information content (AvgIpc) is 2.64. The number of rotatable bonds is 6. The Morgan fingerprint density at radius 3 is 2.88 bits per heavy atom. The van der Waals surface area contributed by atoms with Crippen molar-refractivity contribution < 1.29 is 9.53 Å². The number of ether oxygens (including phenoxy) is 1. The van der Waals surface area contributed by atoms with Crippen LogP contribution >= 0.6 is 0 Å². The van der Waals surface area contributed by atoms with Gasteiger partial charge < -0.3 is 14.5 Å². The summed E-state index contributed by atoms with van der Waals surface area (Å²) >= 11 is 0. The van der Waals surface area contributed by atoms with Crippen LogP contribution < -0.4 is 0 Å². The summed E-state index contributed by atoms with van der Waals surface area (Å²) in [7, 11) is 3.99. The van der Waals surface area contributed by atoms with Crippen LogP contribution in [0, 0.1) is 0 Å². The van der Waals surface area contributed by atoms with Gasteiger partial charge in [0.05, 0.1) is 0 Å². The minimum absolute atomic E-state index is 0.0914. The van der Waals surface area contributed by atoms with Gasteiger partial charge in [0.1, 0.15) is 6.61 Å². The zero-order valence-electron chi connectivity index (χ0n) is 10.7. The van der Waals surface area contributed by atoms with Gasteiger partial charge in [-0.3, -0.25) is 4.79 Å². The van der Waals surface area contributed by atoms with Gasteiger partial charge in [-0.25, -0.2) is 0 Å². The molecule has 1 saturated heterocycles. The molecule has 0 radical (unpaired) electrons. The molecule has 1 heterocycles. The van der Waals surface area contributed by atoms with Crippen molar-refractivity contribution in [2.24, 2.45) is 0 Å². The van der Waals surface area contributed by atoms with Crippen LogP contribution in [0.5, 0.6) is 0 Å². The van der Waals surface area contributed by atoms with Gasteiger partial charge in [-0.2, -0.15) is 0 Å². The molecule has 0 N–H and O–H groups in total. The van der Waals surface area contributed by atoms with E-state index in [1.807, 2.05) is 14.0 Å². The van der Waals surface area contributed by atoms with Gasteiger partial charge in [-0.1, -0.05) is 6.92 Å². The van der Waals surface area contributed by atoms with Crippen LogP contribution in [0.25, 0.3) is 0 Å². The van der Waals surface area contributed by atoms with Gasteiger partial charge in [0.2, 0.25) is 5.91 Å². The number of carbonyl (C=O) groups is 1. The lowest BCUT2D eigenvalue weighted by Crippen LogP contribution is -2.40. The second-order valence-corrected chi connectivity index (χ2v) is 4.60. The van der Waals surface area contributed by atoms with Gasteiger partial charge in [-0.15, -0.1) is 0 Å². The summed E-state index contributed by atoms with van der Waals surface area (Å²) < 4.78 is 5.25. The summed E-state index contributed by atoms with van der Waals surface area (Å²) in [5.74, 6) is 0.0914. The molecule has 4 nitrogen and oxygen atoms in total. The van der Waals surface area contributed by atoms with Crippen LogP contribution in [0.1, 0.15) is 26.2 Å². The quantitative estimate of drug-likeness (QED) is 0.635. The Bertz CT molecular complexity index is 221. The molecule has 0 aromatic rings. The first-order chi connectivity index (χ1) is 7.65. The number of likely N-dealkylation sites (N-methyl/N-ethyl adjacent to an activating group) is 2. The molecular formula is C12H24N2O2. The number of hydrogen-bond donors (Lipinski definition) is 0. The zero-order chi connectivity index (χ0) is 12.0. The lowest BCUT2D eigenvalue weighted by atomic mass is 10.2. The predicted molar refractivity (Wildman–Crippen MR) is 64.4 cm³/mol. The normalized spacial score (nSPS) is 21.3. The summed E-state index contributed by atoms with van der Waals surface area (Å²) in [6, 6.07) is 0.528. The molecule has 1 atom stereocenters. The molecular weight excluding hydrogens is 204 g/mol. The summed E-state index contributed by atoms with van der Waals surface area (Å²) in [6.45, 7) is 4.91. The first-order valence-electron chi connectivity index (χ1n) is 6.17. The van der Waals surface area contributed by atoms with E-state index < -0.39 is 0 Å². The predicted octanol–water partition coefficient (Wildman–Crippen LogP) is 0.966. The van der Waals surface area contributed by atoms with Crippen molar-refractivity contribution in [1.82, 2.24) is 9.80 Å². The molecule has 4 heteroatoms. The SMILES string of the molecule is CCCOCC(=O)N(C)CC1CCCN1C. The molecule has 0 aromatic carbocycles. The topological polar surface area (TPSA) is 32.8 Å². The van der Waals surface area contributed by atoms with Crippen molar-refractivity contribution in [3.8, 4) is 0 Å². The van der Waals surface area contributed by atoms with Gasteiger partial charge in [0.15, 0.2) is 0 Å². The number of amides is 1. The minimum Gasteiger partial charge on any atom is -0.372 e. The van der Waals surface area contributed by atoms with Gasteiger partial charge >= 0.3 is 0 Å². The molecule has 0 aliphatic carbocycles. The van der Waals surface area contributed by atoms with Crippen molar-refractivity contribution in [3.63, 3.8) is 0 Å². The lowest BCUT2D eigenvalue weighted by Gasteiger charge is -2.25. The van der Waals surface area contributed by atoms with Crippen LogP contribution in [0.4, 0.5) is 0 Å². The van der Waals surface area contributed by atoms with E-state index in [4.69, 9.17) is 4.74 Å². The maximum Gasteiger partial charge on any atom is 0.248 e. The van der Waals surface area contributed by atoms with Gasteiger partial charge in [-0.05, 0) is 32.9 Å². The van der Waals surface area contributed by atoms with Crippen LogP contribution in [0.15, 0.2) is 0 Å². The van der Waals surface area contributed by atoms with Crippen LogP contribution in [-0.4, -0.2) is 62.1 Å². The van der Waals surface area contributed by atoms with Gasteiger partial charge in [0, 0.05) is 26.2 Å². The minimum atomic E-state index is 0.0914. The standard InChI is InChI=1S/C12H24N2O2/c1-4-8-16-10-12(15)14(3)9-11-6-5-7-13(11)2/h11H,4-10H2,1-3H3. The molecule has 0 saturated carbocycles. The van der Waals surface area contributed by atoms with E-state index in [2.05, 4.69) is 11.9 Å². The highest BCUT2D eigenvalue weighted by Gasteiger charge is 2.23. The van der Waals surface area contributed by atoms with Crippen molar-refractivity contribution in [3.05, 3.63) is 0 Å². The highest BCUT2D eigenvalue weighted by molar-refractivity contribution is 5.77. The third kappa shape index (κ3) is 4.10. The summed E-state index contributed by atoms with van der Waals surface area (Å²) in [4.78, 5) is 15.8. The zero-order valence-corrected chi connectivity index (χ0v) is 10.7. The molecule has 1 aliphatic heterocycles. The second-order valence-electron chi connectivity index (χ2n) is 4.60. The summed E-state index contributed by atoms with van der Waals surface area (Å²) in [5.41, 5.74) is 0. The third-order valence-corrected chi connectivity index (χ3v) is 3.16. The van der Waals surface area contributed by atoms with Crippen molar-refractivity contribution >= 4 is 5.91 Å². The fourth-order valence-corrected chi connectivity index (χ4v) is 2.04.